The van der Waals surface area contributed by atoms with Crippen LogP contribution in [0.25, 0.3) is 0 Å². The minimum absolute atomic E-state index is 0.0220. The molecular weight excluding hydrogens is 480 g/mol. The van der Waals surface area contributed by atoms with Crippen LogP contribution in [-0.4, -0.2) is 69.6 Å². The zero-order valence-electron chi connectivity index (χ0n) is 21.6. The highest BCUT2D eigenvalue weighted by molar-refractivity contribution is 8.00. The Hall–Kier alpha value is -2.29. The zero-order valence-corrected chi connectivity index (χ0v) is 22.4. The van der Waals surface area contributed by atoms with Gasteiger partial charge in [0.05, 0.1) is 5.25 Å². The second kappa shape index (κ2) is 12.8. The van der Waals surface area contributed by atoms with Crippen LogP contribution in [0.4, 0.5) is 0 Å². The quantitative estimate of drug-likeness (QED) is 0.476. The van der Waals surface area contributed by atoms with E-state index in [1.807, 2.05) is 6.26 Å². The van der Waals surface area contributed by atoms with Crippen LogP contribution >= 0.6 is 11.8 Å². The second-order valence-corrected chi connectivity index (χ2v) is 11.6. The summed E-state index contributed by atoms with van der Waals surface area (Å²) in [6.45, 7) is 4.36. The maximum Gasteiger partial charge on any atom is 0.253 e. The van der Waals surface area contributed by atoms with E-state index in [1.54, 1.807) is 13.8 Å². The zero-order chi connectivity index (χ0) is 26.4. The van der Waals surface area contributed by atoms with Crippen LogP contribution < -0.4 is 0 Å². The molecule has 4 rings (SSSR count). The Morgan fingerprint density at radius 1 is 0.750 bits per heavy atom. The number of ketones is 2. The van der Waals surface area contributed by atoms with E-state index in [4.69, 9.17) is 0 Å². The fourth-order valence-corrected chi connectivity index (χ4v) is 6.30. The average Bonchev–Trinajstić information content (AvgIpc) is 3.32. The van der Waals surface area contributed by atoms with Crippen LogP contribution in [0.15, 0.2) is 12.2 Å². The summed E-state index contributed by atoms with van der Waals surface area (Å²) in [6.07, 6.45) is 12.2. The summed E-state index contributed by atoms with van der Waals surface area (Å²) < 4.78 is 0. The molecule has 0 radical (unpaired) electrons. The summed E-state index contributed by atoms with van der Waals surface area (Å²) >= 11 is 1.46. The van der Waals surface area contributed by atoms with Crippen molar-refractivity contribution in [1.29, 1.82) is 0 Å². The number of rotatable bonds is 7. The van der Waals surface area contributed by atoms with Crippen LogP contribution in [0.2, 0.25) is 0 Å². The maximum atomic E-state index is 12.0. The van der Waals surface area contributed by atoms with Gasteiger partial charge in [-0.2, -0.15) is 11.8 Å². The molecule has 0 bridgehead atoms. The molecule has 9 heteroatoms. The van der Waals surface area contributed by atoms with E-state index in [2.05, 4.69) is 0 Å². The molecule has 0 aromatic rings. The normalized spacial score (nSPS) is 30.5. The molecule has 198 valence electrons. The number of carbonyl (C=O) groups excluding carboxylic acids is 6. The summed E-state index contributed by atoms with van der Waals surface area (Å²) in [4.78, 5) is 71.9. The van der Waals surface area contributed by atoms with Gasteiger partial charge in [0.15, 0.2) is 0 Å². The number of Topliss-reactive ketones (excluding diaryl/α,β-unsaturated/α-hetero) is 2. The van der Waals surface area contributed by atoms with Crippen LogP contribution in [-0.2, 0) is 28.8 Å². The number of likely N-dealkylation sites (tertiary alicyclic amines) is 1. The summed E-state index contributed by atoms with van der Waals surface area (Å²) in [5, 5.41) is -0.180. The van der Waals surface area contributed by atoms with Gasteiger partial charge in [-0.3, -0.25) is 38.6 Å². The average molecular weight is 519 g/mol. The molecule has 1 unspecified atom stereocenters. The molecule has 4 aliphatic rings. The van der Waals surface area contributed by atoms with E-state index in [1.165, 1.54) is 33.7 Å². The Balaban J connectivity index is 0.000000202. The summed E-state index contributed by atoms with van der Waals surface area (Å²) in [7, 11) is 0. The lowest BCUT2D eigenvalue weighted by molar-refractivity contribution is -0.140. The van der Waals surface area contributed by atoms with Crippen molar-refractivity contribution in [1.82, 2.24) is 9.80 Å². The maximum absolute atomic E-state index is 12.0. The van der Waals surface area contributed by atoms with Gasteiger partial charge in [0.2, 0.25) is 11.8 Å². The highest BCUT2D eigenvalue weighted by Crippen LogP contribution is 2.32. The number of hydrogen-bond donors (Lipinski definition) is 0. The Bertz CT molecular complexity index is 897. The Kier molecular flexibility index (Phi) is 10.0. The largest absolute Gasteiger partial charge is 0.300 e. The third-order valence-corrected chi connectivity index (χ3v) is 9.05. The Morgan fingerprint density at radius 2 is 1.17 bits per heavy atom. The topological polar surface area (TPSA) is 109 Å². The van der Waals surface area contributed by atoms with E-state index in [-0.39, 0.29) is 52.3 Å². The van der Waals surface area contributed by atoms with E-state index in [9.17, 15) is 28.8 Å². The van der Waals surface area contributed by atoms with E-state index in [0.29, 0.717) is 31.3 Å². The van der Waals surface area contributed by atoms with Gasteiger partial charge in [0, 0.05) is 43.5 Å². The third kappa shape index (κ3) is 7.14. The van der Waals surface area contributed by atoms with Crippen molar-refractivity contribution in [3.05, 3.63) is 12.2 Å². The number of hydrogen-bond acceptors (Lipinski definition) is 7. The van der Waals surface area contributed by atoms with Gasteiger partial charge in [-0.1, -0.05) is 0 Å². The van der Waals surface area contributed by atoms with Crippen LogP contribution in [0.3, 0.4) is 0 Å². The fourth-order valence-electron chi connectivity index (χ4n) is 5.66. The highest BCUT2D eigenvalue weighted by atomic mass is 32.2. The predicted molar refractivity (Wildman–Crippen MR) is 137 cm³/mol. The monoisotopic (exact) mass is 518 g/mol. The molecule has 1 atom stereocenters. The van der Waals surface area contributed by atoms with Crippen molar-refractivity contribution >= 4 is 47.0 Å². The van der Waals surface area contributed by atoms with Gasteiger partial charge in [0.25, 0.3) is 11.8 Å². The van der Waals surface area contributed by atoms with Gasteiger partial charge < -0.3 is 0 Å². The molecule has 0 N–H and O–H groups in total. The fraction of sp³-hybridized carbons (Fsp3) is 0.704. The molecule has 8 nitrogen and oxygen atoms in total. The van der Waals surface area contributed by atoms with Crippen molar-refractivity contribution in [2.45, 2.75) is 76.9 Å². The number of nitrogens with zero attached hydrogens (tertiary/aromatic N) is 2. The summed E-state index contributed by atoms with van der Waals surface area (Å²) in [5.41, 5.74) is 0. The summed E-state index contributed by atoms with van der Waals surface area (Å²) in [5.74, 6) is 1.20. The molecule has 2 heterocycles. The van der Waals surface area contributed by atoms with Gasteiger partial charge in [0.1, 0.15) is 11.6 Å². The Morgan fingerprint density at radius 3 is 1.53 bits per heavy atom. The first kappa shape index (κ1) is 28.3. The van der Waals surface area contributed by atoms with Crippen molar-refractivity contribution in [2.75, 3.05) is 19.3 Å². The van der Waals surface area contributed by atoms with Crippen LogP contribution in [0.5, 0.6) is 0 Å². The highest BCUT2D eigenvalue weighted by Gasteiger charge is 2.39. The standard InChI is InChI=1S/C14H21NO3S.C13H17NO3/c1-9(16)11-5-3-10(4-6-11)8-15-13(17)7-12(19-2)14(15)18;1-9(15)11-4-2-10(3-5-11)8-14-12(16)6-7-13(14)17/h10-12H,3-8H2,1-2H3;6-7,10-11H,2-5,8H2,1H3. The third-order valence-electron chi connectivity index (χ3n) is 8.11. The lowest BCUT2D eigenvalue weighted by Crippen LogP contribution is -2.37. The van der Waals surface area contributed by atoms with Crippen LogP contribution in [0, 0.1) is 23.7 Å². The number of thioether (sulfide) groups is 1. The van der Waals surface area contributed by atoms with Gasteiger partial charge in [-0.25, -0.2) is 0 Å². The summed E-state index contributed by atoms with van der Waals surface area (Å²) in [6, 6.07) is 0. The lowest BCUT2D eigenvalue weighted by Gasteiger charge is -2.29. The van der Waals surface area contributed by atoms with Crippen molar-refractivity contribution in [2.24, 2.45) is 23.7 Å². The molecule has 36 heavy (non-hydrogen) atoms. The van der Waals surface area contributed by atoms with Crippen LogP contribution in [0.1, 0.15) is 71.6 Å². The van der Waals surface area contributed by atoms with Gasteiger partial charge in [-0.05, 0) is 83.3 Å². The molecule has 0 aromatic carbocycles. The van der Waals surface area contributed by atoms with E-state index < -0.39 is 0 Å². The molecule has 2 aliphatic carbocycles. The van der Waals surface area contributed by atoms with Crippen molar-refractivity contribution in [3.63, 3.8) is 0 Å². The van der Waals surface area contributed by atoms with Gasteiger partial charge in [-0.15, -0.1) is 0 Å². The first-order valence-electron chi connectivity index (χ1n) is 13.0. The van der Waals surface area contributed by atoms with Crippen molar-refractivity contribution in [3.8, 4) is 0 Å². The first-order chi connectivity index (χ1) is 17.1. The molecule has 4 amide bonds. The van der Waals surface area contributed by atoms with E-state index in [0.717, 1.165) is 51.4 Å². The molecule has 2 aliphatic heterocycles. The molecule has 1 saturated heterocycles. The van der Waals surface area contributed by atoms with Gasteiger partial charge >= 0.3 is 0 Å². The number of imide groups is 2. The second-order valence-electron chi connectivity index (χ2n) is 10.5. The SMILES string of the molecule is CC(=O)C1CCC(CN2C(=O)C=CC2=O)CC1.CSC1CC(=O)N(CC2CCC(C(C)=O)CC2)C1=O. The minimum Gasteiger partial charge on any atom is -0.300 e. The molecule has 0 spiro atoms. The molecule has 2 saturated carbocycles. The minimum atomic E-state index is -0.205. The first-order valence-corrected chi connectivity index (χ1v) is 14.3. The predicted octanol–water partition coefficient (Wildman–Crippen LogP) is 3.18. The Labute approximate surface area is 217 Å². The lowest BCUT2D eigenvalue weighted by atomic mass is 9.80. The van der Waals surface area contributed by atoms with Crippen molar-refractivity contribution < 1.29 is 28.8 Å². The van der Waals surface area contributed by atoms with E-state index >= 15 is 0 Å². The molecular formula is C27H38N2O6S. The number of carbonyl (C=O) groups is 6. The molecule has 0 aromatic heterocycles. The number of amides is 4. The molecule has 3 fully saturated rings. The smallest absolute Gasteiger partial charge is 0.253 e.